The predicted octanol–water partition coefficient (Wildman–Crippen LogP) is 2.48. The minimum absolute atomic E-state index is 0.222. The molecule has 0 aliphatic carbocycles. The Bertz CT molecular complexity index is 907. The molecule has 2 aromatic rings. The molecule has 0 radical (unpaired) electrons. The smallest absolute Gasteiger partial charge is 0.303 e. The zero-order chi connectivity index (χ0) is 22.5. The quantitative estimate of drug-likeness (QED) is 0.689. The van der Waals surface area contributed by atoms with Crippen LogP contribution in [0.25, 0.3) is 0 Å². The zero-order valence-corrected chi connectivity index (χ0v) is 18.0. The summed E-state index contributed by atoms with van der Waals surface area (Å²) >= 11 is 0. The minimum Gasteiger partial charge on any atom is -0.457 e. The lowest BCUT2D eigenvalue weighted by molar-refractivity contribution is -0.346. The van der Waals surface area contributed by atoms with E-state index in [4.69, 9.17) is 23.7 Å². The molecule has 2 aliphatic heterocycles. The van der Waals surface area contributed by atoms with Crippen LogP contribution >= 0.6 is 0 Å². The maximum atomic E-state index is 12.0. The van der Waals surface area contributed by atoms with Gasteiger partial charge in [0.15, 0.2) is 18.7 Å². The molecule has 2 aromatic carbocycles. The Morgan fingerprint density at radius 1 is 1.00 bits per heavy atom. The zero-order valence-electron chi connectivity index (χ0n) is 18.0. The average Bonchev–Trinajstić information content (AvgIpc) is 2.80. The van der Waals surface area contributed by atoms with E-state index in [1.54, 1.807) is 0 Å². The van der Waals surface area contributed by atoms with Crippen molar-refractivity contribution in [2.75, 3.05) is 6.61 Å². The number of rotatable bonds is 6. The van der Waals surface area contributed by atoms with Gasteiger partial charge in [0.25, 0.3) is 0 Å². The van der Waals surface area contributed by atoms with Crippen LogP contribution in [-0.4, -0.2) is 49.1 Å². The normalized spacial score (nSPS) is 29.6. The van der Waals surface area contributed by atoms with Gasteiger partial charge in [0.05, 0.1) is 13.2 Å². The summed E-state index contributed by atoms with van der Waals surface area (Å²) < 4.78 is 29.9. The number of fused-ring (bicyclic) bond motifs is 1. The van der Waals surface area contributed by atoms with Crippen molar-refractivity contribution in [1.82, 2.24) is 5.32 Å². The minimum atomic E-state index is -0.856. The molecule has 0 saturated carbocycles. The average molecular weight is 441 g/mol. The van der Waals surface area contributed by atoms with Gasteiger partial charge in [-0.1, -0.05) is 60.7 Å². The molecule has 4 rings (SSSR count). The highest BCUT2D eigenvalue weighted by molar-refractivity contribution is 5.73. The van der Waals surface area contributed by atoms with E-state index in [0.717, 1.165) is 11.1 Å². The summed E-state index contributed by atoms with van der Waals surface area (Å²) in [6.45, 7) is 3.20. The van der Waals surface area contributed by atoms with E-state index in [0.29, 0.717) is 0 Å². The Hall–Kier alpha value is -2.78. The summed E-state index contributed by atoms with van der Waals surface area (Å²) in [5, 5.41) is 2.82. The van der Waals surface area contributed by atoms with Gasteiger partial charge in [0.2, 0.25) is 5.91 Å². The van der Waals surface area contributed by atoms with Crippen molar-refractivity contribution in [2.24, 2.45) is 0 Å². The van der Waals surface area contributed by atoms with Crippen LogP contribution in [0.4, 0.5) is 0 Å². The summed E-state index contributed by atoms with van der Waals surface area (Å²) in [4.78, 5) is 23.9. The molecule has 1 N–H and O–H groups in total. The summed E-state index contributed by atoms with van der Waals surface area (Å²) in [7, 11) is 0. The van der Waals surface area contributed by atoms with Gasteiger partial charge in [-0.25, -0.2) is 0 Å². The highest BCUT2D eigenvalue weighted by Crippen LogP contribution is 2.36. The van der Waals surface area contributed by atoms with Gasteiger partial charge in [-0.3, -0.25) is 9.59 Å². The Morgan fingerprint density at radius 2 is 1.69 bits per heavy atom. The van der Waals surface area contributed by atoms with Crippen molar-refractivity contribution in [2.45, 2.75) is 57.4 Å². The van der Waals surface area contributed by atoms with Crippen molar-refractivity contribution in [3.05, 3.63) is 71.8 Å². The number of hydrogen-bond acceptors (Lipinski definition) is 7. The van der Waals surface area contributed by atoms with Gasteiger partial charge in [-0.2, -0.15) is 0 Å². The first-order chi connectivity index (χ1) is 15.5. The molecule has 1 unspecified atom stereocenters. The van der Waals surface area contributed by atoms with Crippen molar-refractivity contribution in [3.63, 3.8) is 0 Å². The number of hydrogen-bond donors (Lipinski definition) is 1. The van der Waals surface area contributed by atoms with E-state index in [2.05, 4.69) is 5.32 Å². The number of benzene rings is 2. The van der Waals surface area contributed by atoms with Crippen molar-refractivity contribution in [3.8, 4) is 0 Å². The van der Waals surface area contributed by atoms with E-state index in [1.807, 2.05) is 60.7 Å². The molecule has 2 aliphatic rings. The molecule has 8 heteroatoms. The molecule has 2 fully saturated rings. The van der Waals surface area contributed by atoms with Crippen LogP contribution in [0.3, 0.4) is 0 Å². The van der Waals surface area contributed by atoms with Crippen LogP contribution in [-0.2, 0) is 39.9 Å². The molecule has 32 heavy (non-hydrogen) atoms. The SMILES string of the molecule is CC(=O)N[C@H]1[C@@H](OCc2ccccc2)O[C@@H]2COC(c3ccccc3)O[C@@H]2[C@@H]1OC(C)=O. The van der Waals surface area contributed by atoms with Crippen molar-refractivity contribution in [1.29, 1.82) is 0 Å². The van der Waals surface area contributed by atoms with E-state index < -0.39 is 42.9 Å². The number of ether oxygens (including phenoxy) is 5. The molecule has 1 amide bonds. The molecule has 6 atom stereocenters. The van der Waals surface area contributed by atoms with E-state index in [9.17, 15) is 9.59 Å². The van der Waals surface area contributed by atoms with Crippen molar-refractivity contribution < 1.29 is 33.3 Å². The van der Waals surface area contributed by atoms with Crippen LogP contribution in [0, 0.1) is 0 Å². The lowest BCUT2D eigenvalue weighted by Gasteiger charge is -2.48. The molecule has 0 aromatic heterocycles. The largest absolute Gasteiger partial charge is 0.457 e. The first kappa shape index (κ1) is 22.4. The lowest BCUT2D eigenvalue weighted by Crippen LogP contribution is -2.67. The Kier molecular flexibility index (Phi) is 7.16. The van der Waals surface area contributed by atoms with Gasteiger partial charge >= 0.3 is 5.97 Å². The number of amides is 1. The lowest BCUT2D eigenvalue weighted by atomic mass is 9.95. The Balaban J connectivity index is 1.57. The fourth-order valence-electron chi connectivity index (χ4n) is 3.97. The number of nitrogens with one attached hydrogen (secondary N) is 1. The first-order valence-electron chi connectivity index (χ1n) is 10.6. The summed E-state index contributed by atoms with van der Waals surface area (Å²) in [5.41, 5.74) is 1.79. The van der Waals surface area contributed by atoms with E-state index in [-0.39, 0.29) is 19.1 Å². The van der Waals surface area contributed by atoms with E-state index >= 15 is 0 Å². The Labute approximate surface area is 186 Å². The van der Waals surface area contributed by atoms with Gasteiger partial charge in [-0.05, 0) is 5.56 Å². The molecule has 2 saturated heterocycles. The second kappa shape index (κ2) is 10.2. The number of carbonyl (C=O) groups excluding carboxylic acids is 2. The fraction of sp³-hybridized carbons (Fsp3) is 0.417. The standard InChI is InChI=1S/C24H27NO7/c1-15(26)25-20-22(30-16(2)27)21-19(14-29-23(32-21)18-11-7-4-8-12-18)31-24(20)28-13-17-9-5-3-6-10-17/h3-12,19-24H,13-14H2,1-2H3,(H,25,26)/t19-,20-,21+,22-,23?,24+/m1/s1. The van der Waals surface area contributed by atoms with Crippen LogP contribution in [0.5, 0.6) is 0 Å². The molecule has 2 heterocycles. The molecule has 8 nitrogen and oxygen atoms in total. The van der Waals surface area contributed by atoms with Gasteiger partial charge in [-0.15, -0.1) is 0 Å². The van der Waals surface area contributed by atoms with Crippen LogP contribution in [0.2, 0.25) is 0 Å². The molecule has 170 valence electrons. The molecule has 0 bridgehead atoms. The predicted molar refractivity (Wildman–Crippen MR) is 113 cm³/mol. The third-order valence-electron chi connectivity index (χ3n) is 5.34. The Morgan fingerprint density at radius 3 is 2.34 bits per heavy atom. The third kappa shape index (κ3) is 5.34. The van der Waals surface area contributed by atoms with Gasteiger partial charge in [0.1, 0.15) is 18.2 Å². The fourth-order valence-corrected chi connectivity index (χ4v) is 3.97. The van der Waals surface area contributed by atoms with E-state index in [1.165, 1.54) is 13.8 Å². The molecule has 0 spiro atoms. The molecular weight excluding hydrogens is 414 g/mol. The summed E-state index contributed by atoms with van der Waals surface area (Å²) in [6.07, 6.45) is -3.49. The summed E-state index contributed by atoms with van der Waals surface area (Å²) in [6, 6.07) is 18.3. The topological polar surface area (TPSA) is 92.3 Å². The van der Waals surface area contributed by atoms with Gasteiger partial charge in [0, 0.05) is 19.4 Å². The third-order valence-corrected chi connectivity index (χ3v) is 5.34. The summed E-state index contributed by atoms with van der Waals surface area (Å²) in [5.74, 6) is -0.784. The highest BCUT2D eigenvalue weighted by Gasteiger charge is 2.52. The van der Waals surface area contributed by atoms with Crippen molar-refractivity contribution >= 4 is 11.9 Å². The maximum Gasteiger partial charge on any atom is 0.303 e. The second-order valence-corrected chi connectivity index (χ2v) is 7.82. The monoisotopic (exact) mass is 441 g/mol. The highest BCUT2D eigenvalue weighted by atomic mass is 16.8. The van der Waals surface area contributed by atoms with Crippen LogP contribution in [0.1, 0.15) is 31.3 Å². The molecular formula is C24H27NO7. The maximum absolute atomic E-state index is 12.0. The van der Waals surface area contributed by atoms with Crippen LogP contribution < -0.4 is 5.32 Å². The first-order valence-corrected chi connectivity index (χ1v) is 10.6. The van der Waals surface area contributed by atoms with Crippen LogP contribution in [0.15, 0.2) is 60.7 Å². The number of esters is 1. The second-order valence-electron chi connectivity index (χ2n) is 7.82. The van der Waals surface area contributed by atoms with Gasteiger partial charge < -0.3 is 29.0 Å². The number of carbonyl (C=O) groups is 2.